The Morgan fingerprint density at radius 2 is 1.76 bits per heavy atom. The Labute approximate surface area is 129 Å². The standard InChI is InChI=1S/C20H29N/c1-2-3-4-7-17-9-11-18(12-10-17)16-19-13-15-21-14-6-5-8-20(19)21/h5-6,8,13-15,17-18H,2-4,7,9-12,16H2,1H3. The molecule has 1 nitrogen and oxygen atoms in total. The van der Waals surface area contributed by atoms with Crippen molar-refractivity contribution in [3.63, 3.8) is 0 Å². The van der Waals surface area contributed by atoms with Crippen LogP contribution in [-0.4, -0.2) is 4.40 Å². The van der Waals surface area contributed by atoms with Crippen molar-refractivity contribution in [2.75, 3.05) is 0 Å². The van der Waals surface area contributed by atoms with Gasteiger partial charge in [-0.2, -0.15) is 0 Å². The molecule has 1 fully saturated rings. The van der Waals surface area contributed by atoms with E-state index in [1.165, 1.54) is 63.3 Å². The highest BCUT2D eigenvalue weighted by Crippen LogP contribution is 2.34. The van der Waals surface area contributed by atoms with E-state index in [1.807, 2.05) is 0 Å². The topological polar surface area (TPSA) is 4.41 Å². The molecule has 0 N–H and O–H groups in total. The average molecular weight is 283 g/mol. The van der Waals surface area contributed by atoms with Crippen molar-refractivity contribution in [3.05, 3.63) is 42.2 Å². The highest BCUT2D eigenvalue weighted by Gasteiger charge is 2.21. The summed E-state index contributed by atoms with van der Waals surface area (Å²) in [6.45, 7) is 2.30. The molecule has 2 aromatic rings. The molecule has 0 spiro atoms. The molecule has 21 heavy (non-hydrogen) atoms. The normalized spacial score (nSPS) is 22.7. The molecule has 0 bridgehead atoms. The molecule has 1 aliphatic carbocycles. The van der Waals surface area contributed by atoms with E-state index in [9.17, 15) is 0 Å². The Balaban J connectivity index is 1.51. The summed E-state index contributed by atoms with van der Waals surface area (Å²) in [6, 6.07) is 8.84. The van der Waals surface area contributed by atoms with E-state index in [0.29, 0.717) is 0 Å². The van der Waals surface area contributed by atoms with Gasteiger partial charge in [0.15, 0.2) is 0 Å². The second-order valence-electron chi connectivity index (χ2n) is 6.92. The third kappa shape index (κ3) is 3.70. The number of aromatic nitrogens is 1. The lowest BCUT2D eigenvalue weighted by molar-refractivity contribution is 0.258. The number of rotatable bonds is 6. The molecule has 1 saturated carbocycles. The summed E-state index contributed by atoms with van der Waals surface area (Å²) in [7, 11) is 0. The zero-order valence-electron chi connectivity index (χ0n) is 13.4. The molecule has 1 aliphatic rings. The SMILES string of the molecule is CCCCCC1CCC(Cc2ccn3ccccc23)CC1. The zero-order chi connectivity index (χ0) is 14.5. The molecule has 2 aromatic heterocycles. The molecular formula is C20H29N. The first-order valence-corrected chi connectivity index (χ1v) is 8.91. The molecule has 3 rings (SSSR count). The van der Waals surface area contributed by atoms with E-state index >= 15 is 0 Å². The van der Waals surface area contributed by atoms with E-state index in [-0.39, 0.29) is 0 Å². The van der Waals surface area contributed by atoms with Crippen LogP contribution in [0.3, 0.4) is 0 Å². The lowest BCUT2D eigenvalue weighted by atomic mass is 9.77. The van der Waals surface area contributed by atoms with Crippen LogP contribution in [-0.2, 0) is 6.42 Å². The van der Waals surface area contributed by atoms with Gasteiger partial charge in [-0.3, -0.25) is 0 Å². The number of fused-ring (bicyclic) bond motifs is 1. The lowest BCUT2D eigenvalue weighted by Crippen LogP contribution is -2.16. The molecule has 1 heteroatoms. The van der Waals surface area contributed by atoms with Crippen LogP contribution in [0.1, 0.15) is 63.9 Å². The highest BCUT2D eigenvalue weighted by molar-refractivity contribution is 5.55. The first kappa shape index (κ1) is 14.7. The van der Waals surface area contributed by atoms with E-state index < -0.39 is 0 Å². The molecule has 0 aliphatic heterocycles. The molecule has 0 amide bonds. The van der Waals surface area contributed by atoms with Crippen LogP contribution in [0.2, 0.25) is 0 Å². The fourth-order valence-electron chi connectivity index (χ4n) is 4.00. The van der Waals surface area contributed by atoms with Gasteiger partial charge >= 0.3 is 0 Å². The first-order valence-electron chi connectivity index (χ1n) is 8.91. The first-order chi connectivity index (χ1) is 10.4. The van der Waals surface area contributed by atoms with Crippen molar-refractivity contribution in [1.29, 1.82) is 0 Å². The van der Waals surface area contributed by atoms with Crippen molar-refractivity contribution in [2.24, 2.45) is 11.8 Å². The Morgan fingerprint density at radius 1 is 0.952 bits per heavy atom. The van der Waals surface area contributed by atoms with E-state index in [0.717, 1.165) is 11.8 Å². The summed E-state index contributed by atoms with van der Waals surface area (Å²) in [6.07, 6.45) is 17.2. The quantitative estimate of drug-likeness (QED) is 0.584. The second kappa shape index (κ2) is 7.15. The lowest BCUT2D eigenvalue weighted by Gasteiger charge is -2.28. The summed E-state index contributed by atoms with van der Waals surface area (Å²) in [5, 5.41) is 0. The van der Waals surface area contributed by atoms with Crippen molar-refractivity contribution in [1.82, 2.24) is 4.40 Å². The van der Waals surface area contributed by atoms with Crippen LogP contribution in [0, 0.1) is 11.8 Å². The fraction of sp³-hybridized carbons (Fsp3) is 0.600. The van der Waals surface area contributed by atoms with Crippen LogP contribution in [0.5, 0.6) is 0 Å². The Morgan fingerprint density at radius 3 is 2.57 bits per heavy atom. The van der Waals surface area contributed by atoms with Crippen LogP contribution in [0.25, 0.3) is 5.52 Å². The maximum absolute atomic E-state index is 2.32. The maximum Gasteiger partial charge on any atom is 0.0481 e. The maximum atomic E-state index is 2.32. The minimum absolute atomic E-state index is 0.916. The molecule has 0 radical (unpaired) electrons. The third-order valence-electron chi connectivity index (χ3n) is 5.35. The minimum atomic E-state index is 0.916. The number of pyridine rings is 1. The van der Waals surface area contributed by atoms with Crippen LogP contribution < -0.4 is 0 Å². The van der Waals surface area contributed by atoms with Crippen molar-refractivity contribution in [2.45, 2.75) is 64.7 Å². The van der Waals surface area contributed by atoms with Gasteiger partial charge in [0.05, 0.1) is 0 Å². The van der Waals surface area contributed by atoms with Gasteiger partial charge in [0, 0.05) is 17.9 Å². The minimum Gasteiger partial charge on any atom is -0.324 e. The van der Waals surface area contributed by atoms with E-state index in [1.54, 1.807) is 5.56 Å². The summed E-state index contributed by atoms with van der Waals surface area (Å²) >= 11 is 0. The third-order valence-corrected chi connectivity index (χ3v) is 5.35. The summed E-state index contributed by atoms with van der Waals surface area (Å²) in [5.74, 6) is 1.94. The molecular weight excluding hydrogens is 254 g/mol. The Kier molecular flexibility index (Phi) is 5.00. The number of unbranched alkanes of at least 4 members (excludes halogenated alkanes) is 2. The number of nitrogens with zero attached hydrogens (tertiary/aromatic N) is 1. The van der Waals surface area contributed by atoms with Crippen molar-refractivity contribution >= 4 is 5.52 Å². The largest absolute Gasteiger partial charge is 0.324 e. The molecule has 0 unspecified atom stereocenters. The van der Waals surface area contributed by atoms with Crippen molar-refractivity contribution < 1.29 is 0 Å². The van der Waals surface area contributed by atoms with Gasteiger partial charge in [-0.1, -0.05) is 51.5 Å². The monoisotopic (exact) mass is 283 g/mol. The Hall–Kier alpha value is -1.24. The zero-order valence-corrected chi connectivity index (χ0v) is 13.4. The second-order valence-corrected chi connectivity index (χ2v) is 6.92. The summed E-state index contributed by atoms with van der Waals surface area (Å²) in [5.41, 5.74) is 2.95. The fourth-order valence-corrected chi connectivity index (χ4v) is 4.00. The average Bonchev–Trinajstić information content (AvgIpc) is 2.93. The molecule has 0 atom stereocenters. The van der Waals surface area contributed by atoms with Gasteiger partial charge in [0.25, 0.3) is 0 Å². The van der Waals surface area contributed by atoms with Crippen LogP contribution in [0.4, 0.5) is 0 Å². The van der Waals surface area contributed by atoms with Crippen molar-refractivity contribution in [3.8, 4) is 0 Å². The molecule has 2 heterocycles. The predicted molar refractivity (Wildman–Crippen MR) is 90.7 cm³/mol. The van der Waals surface area contributed by atoms with Gasteiger partial charge in [0.1, 0.15) is 0 Å². The van der Waals surface area contributed by atoms with Gasteiger partial charge in [-0.15, -0.1) is 0 Å². The number of hydrogen-bond donors (Lipinski definition) is 0. The molecule has 0 saturated heterocycles. The van der Waals surface area contributed by atoms with E-state index in [4.69, 9.17) is 0 Å². The summed E-state index contributed by atoms with van der Waals surface area (Å²) in [4.78, 5) is 0. The van der Waals surface area contributed by atoms with E-state index in [2.05, 4.69) is 48.0 Å². The van der Waals surface area contributed by atoms with Crippen LogP contribution in [0.15, 0.2) is 36.7 Å². The highest BCUT2D eigenvalue weighted by atomic mass is 14.8. The smallest absolute Gasteiger partial charge is 0.0481 e. The number of hydrogen-bond acceptors (Lipinski definition) is 0. The van der Waals surface area contributed by atoms with Gasteiger partial charge in [0.2, 0.25) is 0 Å². The summed E-state index contributed by atoms with van der Waals surface area (Å²) < 4.78 is 2.26. The predicted octanol–water partition coefficient (Wildman–Crippen LogP) is 5.87. The van der Waals surface area contributed by atoms with Crippen LogP contribution >= 0.6 is 0 Å². The van der Waals surface area contributed by atoms with Gasteiger partial charge in [-0.25, -0.2) is 0 Å². The molecule has 114 valence electrons. The van der Waals surface area contributed by atoms with Gasteiger partial charge < -0.3 is 4.40 Å². The molecule has 0 aromatic carbocycles. The Bertz CT molecular complexity index is 546. The van der Waals surface area contributed by atoms with Gasteiger partial charge in [-0.05, 0) is 54.9 Å².